The van der Waals surface area contributed by atoms with E-state index in [9.17, 15) is 24.3 Å². The summed E-state index contributed by atoms with van der Waals surface area (Å²) in [5, 5.41) is 12.9. The van der Waals surface area contributed by atoms with Crippen LogP contribution in [0.5, 0.6) is 0 Å². The lowest BCUT2D eigenvalue weighted by atomic mass is 9.33. The van der Waals surface area contributed by atoms with Crippen molar-refractivity contribution in [2.24, 2.45) is 56.2 Å². The Kier molecular flexibility index (Phi) is 8.58. The summed E-state index contributed by atoms with van der Waals surface area (Å²) in [5.41, 5.74) is -0.334. The fraction of sp³-hybridized carbons (Fsp3) is 0.850. The first kappa shape index (κ1) is 36.1. The molecular weight excluding hydrogens is 590 g/mol. The van der Waals surface area contributed by atoms with E-state index in [0.717, 1.165) is 56.9 Å². The molecule has 0 aromatic carbocycles. The van der Waals surface area contributed by atoms with E-state index in [4.69, 9.17) is 4.74 Å². The number of hydrogen-bond donors (Lipinski definition) is 2. The van der Waals surface area contributed by atoms with Crippen LogP contribution in [0.2, 0.25) is 0 Å². The molecule has 0 heterocycles. The first-order chi connectivity index (χ1) is 21.4. The van der Waals surface area contributed by atoms with E-state index in [-0.39, 0.29) is 63.2 Å². The summed E-state index contributed by atoms with van der Waals surface area (Å²) in [4.78, 5) is 52.8. The molecule has 0 unspecified atom stereocenters. The number of amides is 1. The number of nitrogens with one attached hydrogen (secondary N) is 1. The summed E-state index contributed by atoms with van der Waals surface area (Å²) in [7, 11) is 0. The predicted molar refractivity (Wildman–Crippen MR) is 183 cm³/mol. The van der Waals surface area contributed by atoms with Crippen LogP contribution in [-0.4, -0.2) is 40.4 Å². The first-order valence-electron chi connectivity index (χ1n) is 18.4. The van der Waals surface area contributed by atoms with Gasteiger partial charge in [0, 0.05) is 17.4 Å². The van der Waals surface area contributed by atoms with Crippen LogP contribution in [0.4, 0.5) is 0 Å². The highest BCUT2D eigenvalue weighted by Gasteiger charge is 2.71. The molecule has 5 aliphatic rings. The fourth-order valence-electron chi connectivity index (χ4n) is 12.2. The van der Waals surface area contributed by atoms with Gasteiger partial charge in [-0.15, -0.1) is 0 Å². The van der Waals surface area contributed by atoms with Crippen molar-refractivity contribution < 1.29 is 29.0 Å². The molecule has 8 atom stereocenters. The molecule has 4 fully saturated rings. The number of carboxylic acid groups (broad SMARTS) is 1. The Morgan fingerprint density at radius 3 is 2.09 bits per heavy atom. The quantitative estimate of drug-likeness (QED) is 0.279. The monoisotopic (exact) mass is 653 g/mol. The number of ketones is 1. The van der Waals surface area contributed by atoms with Gasteiger partial charge in [-0.3, -0.25) is 19.2 Å². The van der Waals surface area contributed by atoms with Crippen LogP contribution >= 0.6 is 0 Å². The van der Waals surface area contributed by atoms with Gasteiger partial charge in [0.2, 0.25) is 5.91 Å². The Labute approximate surface area is 283 Å². The van der Waals surface area contributed by atoms with E-state index in [1.54, 1.807) is 13.8 Å². The minimum Gasteiger partial charge on any atom is -0.481 e. The van der Waals surface area contributed by atoms with Crippen LogP contribution in [0.3, 0.4) is 0 Å². The van der Waals surface area contributed by atoms with Crippen molar-refractivity contribution in [1.82, 2.24) is 5.32 Å². The van der Waals surface area contributed by atoms with Crippen molar-refractivity contribution in [3.05, 3.63) is 11.1 Å². The summed E-state index contributed by atoms with van der Waals surface area (Å²) < 4.78 is 6.13. The van der Waals surface area contributed by atoms with Gasteiger partial charge >= 0.3 is 11.9 Å². The van der Waals surface area contributed by atoms with Gasteiger partial charge < -0.3 is 15.2 Å². The fourth-order valence-corrected chi connectivity index (χ4v) is 12.2. The van der Waals surface area contributed by atoms with Crippen molar-refractivity contribution >= 4 is 23.6 Å². The van der Waals surface area contributed by atoms with E-state index in [0.29, 0.717) is 18.3 Å². The molecule has 2 N–H and O–H groups in total. The molecule has 7 heteroatoms. The summed E-state index contributed by atoms with van der Waals surface area (Å²) in [6, 6.07) is 0. The molecule has 5 aliphatic carbocycles. The topological polar surface area (TPSA) is 110 Å². The number of fused-ring (bicyclic) bond motifs is 7. The summed E-state index contributed by atoms with van der Waals surface area (Å²) in [6.45, 7) is 25.5. The number of carbonyl (C=O) groups excluding carboxylic acids is 3. The van der Waals surface area contributed by atoms with Gasteiger partial charge in [0.25, 0.3) is 0 Å². The van der Waals surface area contributed by atoms with Crippen LogP contribution < -0.4 is 5.32 Å². The number of aliphatic carboxylic acids is 1. The number of Topliss-reactive ketones (excluding diaryl/α,β-unsaturated/α-hetero) is 1. The maximum Gasteiger partial charge on any atom is 0.309 e. The Bertz CT molecular complexity index is 1380. The zero-order valence-corrected chi connectivity index (χ0v) is 31.4. The lowest BCUT2D eigenvalue weighted by Gasteiger charge is -2.72. The van der Waals surface area contributed by atoms with Gasteiger partial charge in [0.15, 0.2) is 5.78 Å². The summed E-state index contributed by atoms with van der Waals surface area (Å²) in [5.74, 6) is -0.0669. The number of carboxylic acids is 1. The molecule has 0 saturated heterocycles. The lowest BCUT2D eigenvalue weighted by molar-refractivity contribution is -0.233. The number of ether oxygens (including phenoxy) is 1. The first-order valence-corrected chi connectivity index (χ1v) is 18.4. The van der Waals surface area contributed by atoms with Crippen molar-refractivity contribution in [1.29, 1.82) is 0 Å². The highest BCUT2D eigenvalue weighted by molar-refractivity contribution is 6.07. The average molecular weight is 654 g/mol. The third-order valence-corrected chi connectivity index (χ3v) is 14.7. The van der Waals surface area contributed by atoms with Crippen molar-refractivity contribution in [3.8, 4) is 0 Å². The average Bonchev–Trinajstić information content (AvgIpc) is 3.23. The molecule has 4 saturated carbocycles. The Morgan fingerprint density at radius 1 is 0.872 bits per heavy atom. The van der Waals surface area contributed by atoms with E-state index in [1.807, 2.05) is 20.8 Å². The van der Waals surface area contributed by atoms with Crippen LogP contribution in [-0.2, 0) is 23.9 Å². The molecule has 0 spiro atoms. The second-order valence-electron chi connectivity index (χ2n) is 19.7. The molecule has 0 aliphatic heterocycles. The molecule has 0 aromatic heterocycles. The summed E-state index contributed by atoms with van der Waals surface area (Å²) in [6.07, 6.45) is 7.50. The van der Waals surface area contributed by atoms with E-state index in [2.05, 4.69) is 53.8 Å². The van der Waals surface area contributed by atoms with E-state index in [1.165, 1.54) is 5.57 Å². The SMILES string of the molecule is CC(C)C1=C2[C@H]3CC[C@@H]4[C@@]5(C)CC[C@H](OC(=O)CC(C)(C)C(=O)O)C(C)(C)[C@@H]5CC[C@@]4(C)[C@]3(C)CC[C@@]2(C(=O)NC(C)(C)C)CC1=O. The molecular formula is C40H63NO6. The molecule has 5 rings (SSSR count). The second-order valence-corrected chi connectivity index (χ2v) is 19.7. The normalized spacial score (nSPS) is 39.8. The maximum absolute atomic E-state index is 14.2. The van der Waals surface area contributed by atoms with Crippen LogP contribution in [0.15, 0.2) is 11.1 Å². The highest BCUT2D eigenvalue weighted by atomic mass is 16.5. The molecule has 0 aromatic rings. The Balaban J connectivity index is 1.47. The van der Waals surface area contributed by atoms with Crippen LogP contribution in [0.1, 0.15) is 147 Å². The lowest BCUT2D eigenvalue weighted by Crippen LogP contribution is -2.66. The van der Waals surface area contributed by atoms with Gasteiger partial charge in [0.1, 0.15) is 6.10 Å². The van der Waals surface area contributed by atoms with Gasteiger partial charge in [-0.1, -0.05) is 48.5 Å². The van der Waals surface area contributed by atoms with E-state index < -0.39 is 22.8 Å². The number of allylic oxidation sites excluding steroid dienone is 1. The van der Waals surface area contributed by atoms with Crippen LogP contribution in [0, 0.1) is 56.2 Å². The smallest absolute Gasteiger partial charge is 0.309 e. The molecule has 1 amide bonds. The zero-order valence-electron chi connectivity index (χ0n) is 31.4. The molecule has 47 heavy (non-hydrogen) atoms. The minimum atomic E-state index is -1.16. The van der Waals surface area contributed by atoms with Crippen molar-refractivity contribution in [2.45, 2.75) is 159 Å². The number of carbonyl (C=O) groups is 4. The van der Waals surface area contributed by atoms with Gasteiger partial charge in [-0.25, -0.2) is 0 Å². The summed E-state index contributed by atoms with van der Waals surface area (Å²) >= 11 is 0. The molecule has 264 valence electrons. The molecule has 0 radical (unpaired) electrons. The maximum atomic E-state index is 14.2. The van der Waals surface area contributed by atoms with Gasteiger partial charge in [-0.2, -0.15) is 0 Å². The van der Waals surface area contributed by atoms with Crippen molar-refractivity contribution in [2.75, 3.05) is 0 Å². The van der Waals surface area contributed by atoms with Gasteiger partial charge in [0.05, 0.1) is 17.3 Å². The Morgan fingerprint density at radius 2 is 1.51 bits per heavy atom. The second kappa shape index (κ2) is 11.2. The standard InChI is InChI=1S/C40H63NO6/c1-23(2)30-25(42)21-40(32(44)41-34(3,4)5)20-19-38(11)24(31(30)40)13-14-27-37(10)17-16-28(47-29(43)22-35(6,7)33(45)46)36(8,9)26(37)15-18-39(27,38)12/h23-24,26-28H,13-22H2,1-12H3,(H,41,44)(H,45,46)/t24-,26+,27-,28+,37+,38-,39-,40-/m1/s1. The molecule has 7 nitrogen and oxygen atoms in total. The van der Waals surface area contributed by atoms with Gasteiger partial charge in [-0.05, 0) is 137 Å². The van der Waals surface area contributed by atoms with Crippen molar-refractivity contribution in [3.63, 3.8) is 0 Å². The predicted octanol–water partition coefficient (Wildman–Crippen LogP) is 8.29. The van der Waals surface area contributed by atoms with Crippen LogP contribution in [0.25, 0.3) is 0 Å². The van der Waals surface area contributed by atoms with E-state index >= 15 is 0 Å². The minimum absolute atomic E-state index is 0.0363. The number of hydrogen-bond acceptors (Lipinski definition) is 5. The highest BCUT2D eigenvalue weighted by Crippen LogP contribution is 2.76. The number of esters is 1. The Hall–Kier alpha value is -2.18. The largest absolute Gasteiger partial charge is 0.481 e. The zero-order chi connectivity index (χ0) is 35.3. The molecule has 0 bridgehead atoms. The third-order valence-electron chi connectivity index (χ3n) is 14.7. The number of rotatable bonds is 6. The third kappa shape index (κ3) is 5.34.